The lowest BCUT2D eigenvalue weighted by molar-refractivity contribution is 0.107. The minimum absolute atomic E-state index is 0.0542. The average Bonchev–Trinajstić information content (AvgIpc) is 2.34. The first-order valence-corrected chi connectivity index (χ1v) is 2.82. The molecule has 4 nitrogen and oxygen atoms in total. The predicted molar refractivity (Wildman–Crippen MR) is 33.2 cm³/mol. The Morgan fingerprint density at radius 3 is 2.90 bits per heavy atom. The van der Waals surface area contributed by atoms with Gasteiger partial charge in [-0.15, -0.1) is 0 Å². The van der Waals surface area contributed by atoms with E-state index >= 15 is 0 Å². The molecular formula is C5H4ClNO3. The van der Waals surface area contributed by atoms with Crippen molar-refractivity contribution in [2.45, 2.75) is 0 Å². The zero-order chi connectivity index (χ0) is 7.56. The van der Waals surface area contributed by atoms with Crippen LogP contribution in [0.2, 0.25) is 0 Å². The van der Waals surface area contributed by atoms with Crippen LogP contribution in [0.3, 0.4) is 0 Å². The Morgan fingerprint density at radius 1 is 1.90 bits per heavy atom. The first-order chi connectivity index (χ1) is 4.74. The van der Waals surface area contributed by atoms with E-state index < -0.39 is 5.24 Å². The van der Waals surface area contributed by atoms with Gasteiger partial charge in [-0.25, -0.2) is 0 Å². The molecule has 1 heterocycles. The molecular weight excluding hydrogens is 158 g/mol. The molecule has 1 aromatic rings. The van der Waals surface area contributed by atoms with Gasteiger partial charge in [0.1, 0.15) is 0 Å². The monoisotopic (exact) mass is 161 g/mol. The molecule has 1 rings (SSSR count). The van der Waals surface area contributed by atoms with Gasteiger partial charge in [0.15, 0.2) is 5.69 Å². The highest BCUT2D eigenvalue weighted by molar-refractivity contribution is 6.67. The number of ether oxygens (including phenoxy) is 1. The molecule has 0 bridgehead atoms. The Balaban J connectivity index is 2.88. The van der Waals surface area contributed by atoms with E-state index in [1.807, 2.05) is 0 Å². The summed E-state index contributed by atoms with van der Waals surface area (Å²) in [4.78, 5) is 10.4. The Bertz CT molecular complexity index is 245. The number of halogens is 1. The van der Waals surface area contributed by atoms with Crippen molar-refractivity contribution in [3.05, 3.63) is 11.8 Å². The maximum absolute atomic E-state index is 10.4. The van der Waals surface area contributed by atoms with Crippen LogP contribution in [0.4, 0.5) is 0 Å². The summed E-state index contributed by atoms with van der Waals surface area (Å²) in [7, 11) is 1.41. The highest BCUT2D eigenvalue weighted by atomic mass is 35.5. The molecule has 5 heteroatoms. The zero-order valence-corrected chi connectivity index (χ0v) is 5.88. The lowest BCUT2D eigenvalue weighted by Gasteiger charge is -1.83. The summed E-state index contributed by atoms with van der Waals surface area (Å²) >= 11 is 5.06. The third-order valence-electron chi connectivity index (χ3n) is 0.891. The van der Waals surface area contributed by atoms with E-state index in [2.05, 4.69) is 14.4 Å². The second kappa shape index (κ2) is 2.70. The summed E-state index contributed by atoms with van der Waals surface area (Å²) in [5.41, 5.74) is 0.0542. The van der Waals surface area contributed by atoms with E-state index in [0.29, 0.717) is 0 Å². The lowest BCUT2D eigenvalue weighted by atomic mass is 10.5. The maximum atomic E-state index is 10.4. The van der Waals surface area contributed by atoms with Crippen molar-refractivity contribution in [2.75, 3.05) is 7.11 Å². The van der Waals surface area contributed by atoms with Crippen molar-refractivity contribution >= 4 is 16.8 Å². The number of hydrogen-bond acceptors (Lipinski definition) is 4. The average molecular weight is 162 g/mol. The van der Waals surface area contributed by atoms with Gasteiger partial charge in [0.05, 0.1) is 13.2 Å². The SMILES string of the molecule is COc1cc(C(=O)Cl)no1. The molecule has 0 atom stereocenters. The van der Waals surface area contributed by atoms with Crippen LogP contribution in [-0.4, -0.2) is 17.5 Å². The van der Waals surface area contributed by atoms with Crippen LogP contribution in [0.1, 0.15) is 10.5 Å². The summed E-state index contributed by atoms with van der Waals surface area (Å²) in [5.74, 6) is 0.170. The van der Waals surface area contributed by atoms with Crippen molar-refractivity contribution in [3.63, 3.8) is 0 Å². The van der Waals surface area contributed by atoms with E-state index in [0.717, 1.165) is 0 Å². The first kappa shape index (κ1) is 7.08. The first-order valence-electron chi connectivity index (χ1n) is 2.44. The van der Waals surface area contributed by atoms with Gasteiger partial charge >= 0.3 is 5.95 Å². The molecule has 0 saturated carbocycles. The Hall–Kier alpha value is -1.03. The minimum atomic E-state index is -0.660. The fourth-order valence-electron chi connectivity index (χ4n) is 0.447. The minimum Gasteiger partial charge on any atom is -0.467 e. The van der Waals surface area contributed by atoms with E-state index in [-0.39, 0.29) is 11.6 Å². The number of hydrogen-bond donors (Lipinski definition) is 0. The van der Waals surface area contributed by atoms with Crippen LogP contribution in [0.25, 0.3) is 0 Å². The van der Waals surface area contributed by atoms with Crippen LogP contribution in [-0.2, 0) is 0 Å². The Kier molecular flexibility index (Phi) is 1.91. The maximum Gasteiger partial charge on any atom is 0.311 e. The number of carbonyl (C=O) groups is 1. The van der Waals surface area contributed by atoms with Gasteiger partial charge in [-0.05, 0) is 11.6 Å². The summed E-state index contributed by atoms with van der Waals surface area (Å²) < 4.78 is 9.10. The molecule has 10 heavy (non-hydrogen) atoms. The quantitative estimate of drug-likeness (QED) is 0.609. The van der Waals surface area contributed by atoms with Gasteiger partial charge in [0.25, 0.3) is 5.24 Å². The normalized spacial score (nSPS) is 9.40. The standard InChI is InChI=1S/C5H4ClNO3/c1-9-4-2-3(5(6)8)7-10-4/h2H,1H3. The molecule has 0 saturated heterocycles. The molecule has 0 radical (unpaired) electrons. The second-order valence-electron chi connectivity index (χ2n) is 1.51. The van der Waals surface area contributed by atoms with E-state index in [1.165, 1.54) is 13.2 Å². The zero-order valence-electron chi connectivity index (χ0n) is 5.13. The van der Waals surface area contributed by atoms with E-state index in [1.54, 1.807) is 0 Å². The highest BCUT2D eigenvalue weighted by Gasteiger charge is 2.08. The van der Waals surface area contributed by atoms with Gasteiger partial charge in [-0.1, -0.05) is 5.16 Å². The van der Waals surface area contributed by atoms with Crippen LogP contribution in [0.5, 0.6) is 5.95 Å². The van der Waals surface area contributed by atoms with Gasteiger partial charge in [0.2, 0.25) is 0 Å². The molecule has 0 N–H and O–H groups in total. The van der Waals surface area contributed by atoms with Crippen molar-refractivity contribution in [1.29, 1.82) is 0 Å². The molecule has 54 valence electrons. The smallest absolute Gasteiger partial charge is 0.311 e. The van der Waals surface area contributed by atoms with Crippen molar-refractivity contribution < 1.29 is 14.1 Å². The van der Waals surface area contributed by atoms with Crippen molar-refractivity contribution in [1.82, 2.24) is 5.16 Å². The molecule has 0 fully saturated rings. The van der Waals surface area contributed by atoms with Gasteiger partial charge in [-0.2, -0.15) is 0 Å². The van der Waals surface area contributed by atoms with Gasteiger partial charge in [0, 0.05) is 0 Å². The second-order valence-corrected chi connectivity index (χ2v) is 1.85. The number of methoxy groups -OCH3 is 1. The summed E-state index contributed by atoms with van der Waals surface area (Å²) in [5, 5.41) is 2.64. The number of nitrogens with zero attached hydrogens (tertiary/aromatic N) is 1. The molecule has 0 unspecified atom stereocenters. The van der Waals surface area contributed by atoms with Crippen molar-refractivity contribution in [2.24, 2.45) is 0 Å². The van der Waals surface area contributed by atoms with Gasteiger partial charge in [-0.3, -0.25) is 4.79 Å². The highest BCUT2D eigenvalue weighted by Crippen LogP contribution is 2.12. The summed E-state index contributed by atoms with van der Waals surface area (Å²) in [6, 6.07) is 1.31. The van der Waals surface area contributed by atoms with Crippen LogP contribution < -0.4 is 4.74 Å². The lowest BCUT2D eigenvalue weighted by Crippen LogP contribution is -1.85. The fraction of sp³-hybridized carbons (Fsp3) is 0.200. The van der Waals surface area contributed by atoms with E-state index in [9.17, 15) is 4.79 Å². The number of carbonyl (C=O) groups excluding carboxylic acids is 1. The largest absolute Gasteiger partial charge is 0.467 e. The molecule has 0 aliphatic carbocycles. The Morgan fingerprint density at radius 2 is 2.60 bits per heavy atom. The third-order valence-corrected chi connectivity index (χ3v) is 1.08. The number of rotatable bonds is 2. The predicted octanol–water partition coefficient (Wildman–Crippen LogP) is 1.06. The third kappa shape index (κ3) is 1.27. The molecule has 0 aromatic carbocycles. The molecule has 0 amide bonds. The number of aromatic nitrogens is 1. The van der Waals surface area contributed by atoms with Crippen LogP contribution in [0, 0.1) is 0 Å². The van der Waals surface area contributed by atoms with Gasteiger partial charge < -0.3 is 9.26 Å². The summed E-state index contributed by atoms with van der Waals surface area (Å²) in [6.07, 6.45) is 0. The Labute approximate surface area is 61.7 Å². The summed E-state index contributed by atoms with van der Waals surface area (Å²) in [6.45, 7) is 0. The van der Waals surface area contributed by atoms with Crippen molar-refractivity contribution in [3.8, 4) is 5.95 Å². The molecule has 1 aromatic heterocycles. The molecule has 0 spiro atoms. The fourth-order valence-corrected chi connectivity index (χ4v) is 0.536. The topological polar surface area (TPSA) is 52.3 Å². The van der Waals surface area contributed by atoms with E-state index in [4.69, 9.17) is 11.6 Å². The molecule has 0 aliphatic rings. The van der Waals surface area contributed by atoms with Crippen LogP contribution in [0.15, 0.2) is 10.6 Å². The molecule has 0 aliphatic heterocycles. The van der Waals surface area contributed by atoms with Crippen LogP contribution >= 0.6 is 11.6 Å².